The lowest BCUT2D eigenvalue weighted by atomic mass is 10.1. The van der Waals surface area contributed by atoms with Crippen LogP contribution in [0.25, 0.3) is 0 Å². The van der Waals surface area contributed by atoms with Crippen LogP contribution < -0.4 is 0 Å². The van der Waals surface area contributed by atoms with Gasteiger partial charge in [-0.1, -0.05) is 0 Å². The molecule has 64 valence electrons. The highest BCUT2D eigenvalue weighted by Crippen LogP contribution is 2.14. The van der Waals surface area contributed by atoms with E-state index in [9.17, 15) is 4.79 Å². The first-order valence-electron chi connectivity index (χ1n) is 3.65. The molecule has 1 aliphatic rings. The molecule has 0 aliphatic carbocycles. The molecule has 2 atom stereocenters. The SMILES string of the molecule is CC(=O)O[C@H]1CCOC(O)C1. The van der Waals surface area contributed by atoms with Crippen molar-refractivity contribution in [1.82, 2.24) is 0 Å². The Hall–Kier alpha value is -0.610. The Labute approximate surface area is 65.1 Å². The van der Waals surface area contributed by atoms with Crippen molar-refractivity contribution < 1.29 is 19.4 Å². The standard InChI is InChI=1S/C7H12O4/c1-5(8)11-6-2-3-10-7(9)4-6/h6-7,9H,2-4H2,1H3/t6-,7?/m0/s1. The van der Waals surface area contributed by atoms with Gasteiger partial charge in [0.1, 0.15) is 6.10 Å². The first kappa shape index (κ1) is 8.49. The molecule has 4 nitrogen and oxygen atoms in total. The molecule has 1 N–H and O–H groups in total. The Morgan fingerprint density at radius 3 is 3.00 bits per heavy atom. The van der Waals surface area contributed by atoms with Crippen LogP contribution in [0, 0.1) is 0 Å². The maximum atomic E-state index is 10.5. The number of ether oxygens (including phenoxy) is 2. The first-order chi connectivity index (χ1) is 5.18. The molecule has 0 aromatic rings. The molecule has 1 unspecified atom stereocenters. The van der Waals surface area contributed by atoms with E-state index in [1.807, 2.05) is 0 Å². The Morgan fingerprint density at radius 1 is 1.73 bits per heavy atom. The van der Waals surface area contributed by atoms with Crippen LogP contribution in [-0.2, 0) is 14.3 Å². The van der Waals surface area contributed by atoms with Crippen LogP contribution in [0.2, 0.25) is 0 Å². The summed E-state index contributed by atoms with van der Waals surface area (Å²) < 4.78 is 9.74. The number of hydrogen-bond donors (Lipinski definition) is 1. The highest BCUT2D eigenvalue weighted by atomic mass is 16.6. The van der Waals surface area contributed by atoms with Gasteiger partial charge in [-0.15, -0.1) is 0 Å². The van der Waals surface area contributed by atoms with Gasteiger partial charge in [-0.2, -0.15) is 0 Å². The van der Waals surface area contributed by atoms with Crippen molar-refractivity contribution >= 4 is 5.97 Å². The molecule has 0 amide bonds. The maximum absolute atomic E-state index is 10.5. The summed E-state index contributed by atoms with van der Waals surface area (Å²) in [6, 6.07) is 0. The third-order valence-electron chi connectivity index (χ3n) is 1.55. The number of aliphatic hydroxyl groups is 1. The molecule has 0 radical (unpaired) electrons. The first-order valence-corrected chi connectivity index (χ1v) is 3.65. The molecule has 0 aromatic heterocycles. The molecule has 1 rings (SSSR count). The average molecular weight is 160 g/mol. The van der Waals surface area contributed by atoms with Crippen molar-refractivity contribution in [1.29, 1.82) is 0 Å². The molecule has 4 heteroatoms. The minimum absolute atomic E-state index is 0.170. The fourth-order valence-corrected chi connectivity index (χ4v) is 1.09. The molecule has 0 spiro atoms. The van der Waals surface area contributed by atoms with Gasteiger partial charge < -0.3 is 14.6 Å². The summed E-state index contributed by atoms with van der Waals surface area (Å²) in [6.45, 7) is 1.82. The van der Waals surface area contributed by atoms with Crippen LogP contribution in [0.15, 0.2) is 0 Å². The summed E-state index contributed by atoms with van der Waals surface area (Å²) in [5.74, 6) is -0.302. The van der Waals surface area contributed by atoms with E-state index < -0.39 is 6.29 Å². The third kappa shape index (κ3) is 2.86. The minimum atomic E-state index is -0.770. The summed E-state index contributed by atoms with van der Waals surface area (Å²) in [5, 5.41) is 8.98. The Bertz CT molecular complexity index is 145. The van der Waals surface area contributed by atoms with Gasteiger partial charge >= 0.3 is 5.97 Å². The molecule has 0 bridgehead atoms. The van der Waals surface area contributed by atoms with E-state index in [1.165, 1.54) is 6.92 Å². The summed E-state index contributed by atoms with van der Waals surface area (Å²) in [6.07, 6.45) is 0.125. The van der Waals surface area contributed by atoms with Crippen LogP contribution in [0.1, 0.15) is 19.8 Å². The minimum Gasteiger partial charge on any atom is -0.462 e. The molecular formula is C7H12O4. The van der Waals surface area contributed by atoms with E-state index in [-0.39, 0.29) is 12.1 Å². The van der Waals surface area contributed by atoms with Crippen molar-refractivity contribution in [2.75, 3.05) is 6.61 Å². The van der Waals surface area contributed by atoms with E-state index in [0.717, 1.165) is 0 Å². The second-order valence-electron chi connectivity index (χ2n) is 2.58. The molecular weight excluding hydrogens is 148 g/mol. The molecule has 0 aromatic carbocycles. The van der Waals surface area contributed by atoms with Gasteiger partial charge in [0, 0.05) is 19.8 Å². The maximum Gasteiger partial charge on any atom is 0.302 e. The molecule has 0 saturated carbocycles. The van der Waals surface area contributed by atoms with E-state index in [4.69, 9.17) is 14.6 Å². The number of hydrogen-bond acceptors (Lipinski definition) is 4. The van der Waals surface area contributed by atoms with Gasteiger partial charge in [0.05, 0.1) is 6.61 Å². The summed E-state index contributed by atoms with van der Waals surface area (Å²) in [7, 11) is 0. The van der Waals surface area contributed by atoms with Crippen molar-refractivity contribution in [2.45, 2.75) is 32.2 Å². The predicted octanol–water partition coefficient (Wildman–Crippen LogP) is 0.0469. The normalized spacial score (nSPS) is 31.5. The zero-order chi connectivity index (χ0) is 8.27. The predicted molar refractivity (Wildman–Crippen MR) is 36.7 cm³/mol. The fraction of sp³-hybridized carbons (Fsp3) is 0.857. The fourth-order valence-electron chi connectivity index (χ4n) is 1.09. The topological polar surface area (TPSA) is 55.8 Å². The number of esters is 1. The van der Waals surface area contributed by atoms with Crippen LogP contribution in [0.5, 0.6) is 0 Å². The van der Waals surface area contributed by atoms with Gasteiger partial charge in [0.2, 0.25) is 0 Å². The Morgan fingerprint density at radius 2 is 2.45 bits per heavy atom. The summed E-state index contributed by atoms with van der Waals surface area (Å²) >= 11 is 0. The zero-order valence-corrected chi connectivity index (χ0v) is 6.45. The Balaban J connectivity index is 2.28. The number of carbonyl (C=O) groups excluding carboxylic acids is 1. The average Bonchev–Trinajstić information content (AvgIpc) is 1.85. The lowest BCUT2D eigenvalue weighted by molar-refractivity contribution is -0.175. The molecule has 11 heavy (non-hydrogen) atoms. The second-order valence-corrected chi connectivity index (χ2v) is 2.58. The van der Waals surface area contributed by atoms with Crippen molar-refractivity contribution in [3.05, 3.63) is 0 Å². The molecule has 1 heterocycles. The van der Waals surface area contributed by atoms with Crippen molar-refractivity contribution in [3.8, 4) is 0 Å². The second kappa shape index (κ2) is 3.69. The largest absolute Gasteiger partial charge is 0.462 e. The lowest BCUT2D eigenvalue weighted by Gasteiger charge is -2.25. The van der Waals surface area contributed by atoms with Crippen molar-refractivity contribution in [3.63, 3.8) is 0 Å². The Kier molecular flexibility index (Phi) is 2.84. The number of aliphatic hydroxyl groups excluding tert-OH is 1. The van der Waals surface area contributed by atoms with E-state index in [1.54, 1.807) is 0 Å². The van der Waals surface area contributed by atoms with Crippen LogP contribution in [0.3, 0.4) is 0 Å². The van der Waals surface area contributed by atoms with Gasteiger partial charge in [-0.3, -0.25) is 4.79 Å². The summed E-state index contributed by atoms with van der Waals surface area (Å²) in [5.41, 5.74) is 0. The van der Waals surface area contributed by atoms with E-state index in [2.05, 4.69) is 0 Å². The quantitative estimate of drug-likeness (QED) is 0.550. The molecule has 1 aliphatic heterocycles. The van der Waals surface area contributed by atoms with Crippen LogP contribution in [0.4, 0.5) is 0 Å². The van der Waals surface area contributed by atoms with E-state index in [0.29, 0.717) is 19.4 Å². The van der Waals surface area contributed by atoms with Gasteiger partial charge in [-0.25, -0.2) is 0 Å². The molecule has 1 fully saturated rings. The highest BCUT2D eigenvalue weighted by Gasteiger charge is 2.22. The van der Waals surface area contributed by atoms with Gasteiger partial charge in [-0.05, 0) is 0 Å². The number of carbonyl (C=O) groups is 1. The van der Waals surface area contributed by atoms with Crippen molar-refractivity contribution in [2.24, 2.45) is 0 Å². The van der Waals surface area contributed by atoms with Gasteiger partial charge in [0.25, 0.3) is 0 Å². The zero-order valence-electron chi connectivity index (χ0n) is 6.45. The van der Waals surface area contributed by atoms with Gasteiger partial charge in [0.15, 0.2) is 6.29 Å². The summed E-state index contributed by atoms with van der Waals surface area (Å²) in [4.78, 5) is 10.5. The van der Waals surface area contributed by atoms with E-state index >= 15 is 0 Å². The highest BCUT2D eigenvalue weighted by molar-refractivity contribution is 5.66. The third-order valence-corrected chi connectivity index (χ3v) is 1.55. The molecule has 1 saturated heterocycles. The van der Waals surface area contributed by atoms with Crippen LogP contribution >= 0.6 is 0 Å². The lowest BCUT2D eigenvalue weighted by Crippen LogP contribution is -2.31. The smallest absolute Gasteiger partial charge is 0.302 e. The number of rotatable bonds is 1. The monoisotopic (exact) mass is 160 g/mol. The van der Waals surface area contributed by atoms with Crippen LogP contribution in [-0.4, -0.2) is 30.1 Å².